The number of benzene rings is 1. The Kier molecular flexibility index (Phi) is 7.79. The van der Waals surface area contributed by atoms with Crippen LogP contribution in [0.1, 0.15) is 6.92 Å². The van der Waals surface area contributed by atoms with E-state index in [4.69, 9.17) is 4.74 Å². The van der Waals surface area contributed by atoms with Gasteiger partial charge < -0.3 is 15.4 Å². The molecule has 158 valence electrons. The quantitative estimate of drug-likeness (QED) is 0.640. The molecule has 1 aromatic heterocycles. The minimum Gasteiger partial charge on any atom is -0.379 e. The highest BCUT2D eigenvalue weighted by Gasteiger charge is 2.16. The fourth-order valence-corrected chi connectivity index (χ4v) is 4.20. The lowest BCUT2D eigenvalue weighted by Crippen LogP contribution is -2.42. The molecule has 1 aromatic carbocycles. The van der Waals surface area contributed by atoms with Gasteiger partial charge in [-0.3, -0.25) is 19.1 Å². The Labute approximate surface area is 178 Å². The van der Waals surface area contributed by atoms with Crippen LogP contribution < -0.4 is 25.4 Å². The molecule has 0 bridgehead atoms. The molecule has 1 saturated heterocycles. The van der Waals surface area contributed by atoms with Crippen molar-refractivity contribution in [2.45, 2.75) is 13.5 Å². The second kappa shape index (κ2) is 10.7. The largest absolute Gasteiger partial charge is 0.379 e. The number of amides is 1. The Balaban J connectivity index is 1.82. The van der Waals surface area contributed by atoms with Crippen LogP contribution in [0.25, 0.3) is 11.8 Å². The lowest BCUT2D eigenvalue weighted by Gasteiger charge is -2.26. The summed E-state index contributed by atoms with van der Waals surface area (Å²) < 4.78 is 7.58. The van der Waals surface area contributed by atoms with E-state index in [2.05, 4.69) is 15.5 Å². The molecule has 1 amide bonds. The van der Waals surface area contributed by atoms with Gasteiger partial charge in [0.1, 0.15) is 15.3 Å². The second-order valence-corrected chi connectivity index (χ2v) is 7.70. The average molecular weight is 428 g/mol. The van der Waals surface area contributed by atoms with Crippen LogP contribution in [-0.4, -0.2) is 54.8 Å². The highest BCUT2D eigenvalue weighted by atomic mass is 32.1. The van der Waals surface area contributed by atoms with Crippen LogP contribution in [0.15, 0.2) is 35.1 Å². The summed E-state index contributed by atoms with van der Waals surface area (Å²) in [7, 11) is 0. The molecule has 0 saturated carbocycles. The number of para-hydroxylation sites is 1. The van der Waals surface area contributed by atoms with Crippen molar-refractivity contribution in [2.24, 2.45) is 0 Å². The van der Waals surface area contributed by atoms with E-state index in [1.807, 2.05) is 43.3 Å². The van der Waals surface area contributed by atoms with Gasteiger partial charge in [-0.15, -0.1) is 11.3 Å². The minimum absolute atomic E-state index is 0.0414. The van der Waals surface area contributed by atoms with Crippen molar-refractivity contribution < 1.29 is 9.53 Å². The number of nitriles is 1. The number of rotatable bonds is 7. The Bertz CT molecular complexity index is 1080. The van der Waals surface area contributed by atoms with Gasteiger partial charge in [0.25, 0.3) is 11.5 Å². The van der Waals surface area contributed by atoms with E-state index in [0.717, 1.165) is 30.1 Å². The third-order valence-electron chi connectivity index (χ3n) is 4.74. The maximum Gasteiger partial charge on any atom is 0.270 e. The molecule has 0 aliphatic carbocycles. The van der Waals surface area contributed by atoms with Gasteiger partial charge in [-0.05, 0) is 19.1 Å². The Morgan fingerprint density at radius 2 is 2.03 bits per heavy atom. The maximum absolute atomic E-state index is 12.7. The molecule has 2 N–H and O–H groups in total. The van der Waals surface area contributed by atoms with Crippen LogP contribution in [0, 0.1) is 11.3 Å². The van der Waals surface area contributed by atoms with Crippen LogP contribution in [0.5, 0.6) is 0 Å². The summed E-state index contributed by atoms with van der Waals surface area (Å²) in [4.78, 5) is 27.6. The molecule has 3 rings (SSSR count). The smallest absolute Gasteiger partial charge is 0.270 e. The molecule has 1 aliphatic rings. The third kappa shape index (κ3) is 5.36. The Hall–Kier alpha value is -2.93. The van der Waals surface area contributed by atoms with E-state index >= 15 is 0 Å². The number of ether oxygens (including phenoxy) is 1. The molecule has 8 nitrogen and oxygen atoms in total. The highest BCUT2D eigenvalue weighted by molar-refractivity contribution is 7.07. The number of carbonyl (C=O) groups is 1. The lowest BCUT2D eigenvalue weighted by molar-refractivity contribution is -0.115. The van der Waals surface area contributed by atoms with Gasteiger partial charge in [-0.25, -0.2) is 0 Å². The standard InChI is InChI=1S/C21H25N5O3S/c1-2-26-20(28)18(15-24-16-6-4-3-5-7-16)30-21(26)17(14-22)19(27)23-8-9-25-10-12-29-13-11-25/h3-7,15,24H,2,8-13H2,1H3,(H,23,27). The molecule has 1 aliphatic heterocycles. The van der Waals surface area contributed by atoms with Crippen molar-refractivity contribution in [3.05, 3.63) is 49.9 Å². The first-order chi connectivity index (χ1) is 14.6. The van der Waals surface area contributed by atoms with Gasteiger partial charge in [0.15, 0.2) is 5.57 Å². The summed E-state index contributed by atoms with van der Waals surface area (Å²) in [6.45, 7) is 6.36. The molecule has 30 heavy (non-hydrogen) atoms. The number of aromatic nitrogens is 1. The molecule has 0 radical (unpaired) electrons. The normalized spacial score (nSPS) is 16.1. The maximum atomic E-state index is 12.7. The fourth-order valence-electron chi connectivity index (χ4n) is 3.11. The minimum atomic E-state index is -0.461. The van der Waals surface area contributed by atoms with Crippen LogP contribution in [-0.2, 0) is 16.1 Å². The van der Waals surface area contributed by atoms with Gasteiger partial charge >= 0.3 is 0 Å². The van der Waals surface area contributed by atoms with E-state index < -0.39 is 5.91 Å². The number of morpholine rings is 1. The predicted molar refractivity (Wildman–Crippen MR) is 117 cm³/mol. The van der Waals surface area contributed by atoms with Crippen molar-refractivity contribution in [1.82, 2.24) is 14.8 Å². The Morgan fingerprint density at radius 3 is 2.70 bits per heavy atom. The molecular formula is C21H25N5O3S. The number of anilines is 1. The summed E-state index contributed by atoms with van der Waals surface area (Å²) in [6.07, 6.45) is 1.61. The summed E-state index contributed by atoms with van der Waals surface area (Å²) in [5.41, 5.74) is 0.579. The SMILES string of the molecule is CCn1c(=C(C#N)C(=O)NCCN2CCOCC2)sc(=CNc2ccccc2)c1=O. The predicted octanol–water partition coefficient (Wildman–Crippen LogP) is -0.0975. The molecule has 0 atom stereocenters. The summed E-state index contributed by atoms with van der Waals surface area (Å²) in [5.74, 6) is -0.461. The molecule has 9 heteroatoms. The third-order valence-corrected chi connectivity index (χ3v) is 5.87. The van der Waals surface area contributed by atoms with Crippen molar-refractivity contribution >= 4 is 34.7 Å². The van der Waals surface area contributed by atoms with Crippen molar-refractivity contribution in [3.8, 4) is 6.07 Å². The van der Waals surface area contributed by atoms with E-state index in [0.29, 0.717) is 42.0 Å². The van der Waals surface area contributed by atoms with Crippen molar-refractivity contribution in [2.75, 3.05) is 44.7 Å². The zero-order valence-corrected chi connectivity index (χ0v) is 17.7. The van der Waals surface area contributed by atoms with Crippen molar-refractivity contribution in [3.63, 3.8) is 0 Å². The van der Waals surface area contributed by atoms with Crippen LogP contribution in [0.3, 0.4) is 0 Å². The number of carbonyl (C=O) groups excluding carboxylic acids is 1. The van der Waals surface area contributed by atoms with Gasteiger partial charge in [0.05, 0.1) is 13.2 Å². The zero-order valence-electron chi connectivity index (χ0n) is 16.9. The summed E-state index contributed by atoms with van der Waals surface area (Å²) in [5, 5.41) is 15.5. The van der Waals surface area contributed by atoms with Gasteiger partial charge in [-0.1, -0.05) is 18.2 Å². The highest BCUT2D eigenvalue weighted by Crippen LogP contribution is 2.04. The summed E-state index contributed by atoms with van der Waals surface area (Å²) in [6, 6.07) is 11.4. The number of nitrogens with zero attached hydrogens (tertiary/aromatic N) is 3. The van der Waals surface area contributed by atoms with Crippen LogP contribution >= 0.6 is 11.3 Å². The first kappa shape index (κ1) is 21.8. The summed E-state index contributed by atoms with van der Waals surface area (Å²) >= 11 is 1.14. The monoisotopic (exact) mass is 427 g/mol. The van der Waals surface area contributed by atoms with E-state index in [-0.39, 0.29) is 11.1 Å². The number of thiazole rings is 1. The first-order valence-corrected chi connectivity index (χ1v) is 10.7. The van der Waals surface area contributed by atoms with Gasteiger partial charge in [0.2, 0.25) is 0 Å². The van der Waals surface area contributed by atoms with E-state index in [1.54, 1.807) is 6.20 Å². The average Bonchev–Trinajstić information content (AvgIpc) is 3.09. The molecule has 0 spiro atoms. The number of hydrogen-bond acceptors (Lipinski definition) is 7. The molecule has 1 fully saturated rings. The fraction of sp³-hybridized carbons (Fsp3) is 0.381. The number of hydrogen-bond donors (Lipinski definition) is 2. The topological polar surface area (TPSA) is 99.4 Å². The first-order valence-electron chi connectivity index (χ1n) is 9.88. The number of nitrogens with one attached hydrogen (secondary N) is 2. The van der Waals surface area contributed by atoms with Gasteiger partial charge in [-0.2, -0.15) is 5.26 Å². The van der Waals surface area contributed by atoms with E-state index in [1.165, 1.54) is 4.57 Å². The molecular weight excluding hydrogens is 402 g/mol. The molecule has 2 heterocycles. The Morgan fingerprint density at radius 1 is 1.30 bits per heavy atom. The lowest BCUT2D eigenvalue weighted by atomic mass is 10.3. The second-order valence-electron chi connectivity index (χ2n) is 6.67. The van der Waals surface area contributed by atoms with Crippen LogP contribution in [0.4, 0.5) is 5.69 Å². The van der Waals surface area contributed by atoms with E-state index in [9.17, 15) is 14.9 Å². The van der Waals surface area contributed by atoms with Gasteiger partial charge in [0, 0.05) is 44.6 Å². The van der Waals surface area contributed by atoms with Crippen LogP contribution in [0.2, 0.25) is 0 Å². The molecule has 2 aromatic rings. The zero-order chi connectivity index (χ0) is 21.3. The molecule has 0 unspecified atom stereocenters. The van der Waals surface area contributed by atoms with Crippen molar-refractivity contribution in [1.29, 1.82) is 5.26 Å².